The van der Waals surface area contributed by atoms with Gasteiger partial charge in [0, 0.05) is 47.1 Å². The van der Waals surface area contributed by atoms with Crippen molar-refractivity contribution in [3.8, 4) is 16.8 Å². The maximum absolute atomic E-state index is 13.9. The predicted octanol–water partition coefficient (Wildman–Crippen LogP) is 3.86. The molecule has 0 aliphatic carbocycles. The van der Waals surface area contributed by atoms with E-state index in [1.165, 1.54) is 16.7 Å². The predicted molar refractivity (Wildman–Crippen MR) is 110 cm³/mol. The van der Waals surface area contributed by atoms with E-state index in [0.717, 1.165) is 23.3 Å². The topological polar surface area (TPSA) is 86.7 Å². The number of hydrogen-bond acceptors (Lipinski definition) is 5. The molecule has 0 atom stereocenters. The first-order valence-electron chi connectivity index (χ1n) is 8.99. The van der Waals surface area contributed by atoms with E-state index in [1.54, 1.807) is 24.7 Å². The molecule has 5 rings (SSSR count). The van der Waals surface area contributed by atoms with E-state index in [9.17, 15) is 13.6 Å². The van der Waals surface area contributed by atoms with Crippen molar-refractivity contribution < 1.29 is 8.78 Å². The summed E-state index contributed by atoms with van der Waals surface area (Å²) in [5.74, 6) is -1.85. The third-order valence-corrected chi connectivity index (χ3v) is 4.88. The van der Waals surface area contributed by atoms with Gasteiger partial charge in [0.1, 0.15) is 0 Å². The smallest absolute Gasteiger partial charge is 0.255 e. The van der Waals surface area contributed by atoms with Crippen LogP contribution in [0.4, 0.5) is 14.7 Å². The molecule has 8 heteroatoms. The van der Waals surface area contributed by atoms with Crippen LogP contribution in [-0.4, -0.2) is 19.5 Å². The molecule has 0 aliphatic heterocycles. The van der Waals surface area contributed by atoms with Gasteiger partial charge in [-0.1, -0.05) is 6.07 Å². The van der Waals surface area contributed by atoms with Crippen molar-refractivity contribution in [2.45, 2.75) is 0 Å². The van der Waals surface area contributed by atoms with E-state index in [1.807, 2.05) is 18.2 Å². The highest BCUT2D eigenvalue weighted by Crippen LogP contribution is 2.29. The second-order valence-electron chi connectivity index (χ2n) is 6.73. The monoisotopic (exact) mass is 401 g/mol. The minimum absolute atomic E-state index is 0.166. The largest absolute Gasteiger partial charge is 0.368 e. The minimum atomic E-state index is -1.03. The number of aromatic nitrogens is 4. The van der Waals surface area contributed by atoms with Gasteiger partial charge < -0.3 is 5.73 Å². The van der Waals surface area contributed by atoms with Crippen molar-refractivity contribution in [2.75, 3.05) is 5.73 Å². The molecule has 0 aliphatic rings. The van der Waals surface area contributed by atoms with Crippen LogP contribution < -0.4 is 11.3 Å². The molecule has 2 N–H and O–H groups in total. The van der Waals surface area contributed by atoms with Crippen molar-refractivity contribution in [3.63, 3.8) is 0 Å². The molecule has 0 radical (unpaired) electrons. The molecule has 0 saturated heterocycles. The third kappa shape index (κ3) is 2.86. The molecule has 0 bridgehead atoms. The quantitative estimate of drug-likeness (QED) is 0.454. The highest BCUT2D eigenvalue weighted by Gasteiger charge is 2.13. The van der Waals surface area contributed by atoms with Gasteiger partial charge in [-0.2, -0.15) is 0 Å². The Bertz CT molecular complexity index is 1500. The summed E-state index contributed by atoms with van der Waals surface area (Å²) in [5.41, 5.74) is 8.13. The van der Waals surface area contributed by atoms with E-state index < -0.39 is 11.6 Å². The molecule has 30 heavy (non-hydrogen) atoms. The van der Waals surface area contributed by atoms with Crippen LogP contribution in [0.1, 0.15) is 0 Å². The Labute approximate surface area is 168 Å². The van der Waals surface area contributed by atoms with Crippen LogP contribution in [0.2, 0.25) is 0 Å². The van der Waals surface area contributed by atoms with E-state index in [0.29, 0.717) is 21.8 Å². The Kier molecular flexibility index (Phi) is 3.99. The fraction of sp³-hybridized carbons (Fsp3) is 0. The maximum Gasteiger partial charge on any atom is 0.255 e. The lowest BCUT2D eigenvalue weighted by molar-refractivity contribution is 0.508. The number of nitrogens with two attached hydrogens (primary N) is 1. The highest BCUT2D eigenvalue weighted by atomic mass is 19.2. The molecular formula is C22H13F2N5O. The Morgan fingerprint density at radius 2 is 1.60 bits per heavy atom. The maximum atomic E-state index is 13.9. The first kappa shape index (κ1) is 17.9. The molecule has 3 heterocycles. The van der Waals surface area contributed by atoms with Crippen molar-refractivity contribution in [1.82, 2.24) is 19.5 Å². The van der Waals surface area contributed by atoms with Gasteiger partial charge in [-0.05, 0) is 35.9 Å². The summed E-state index contributed by atoms with van der Waals surface area (Å²) in [6, 6.07) is 11.9. The zero-order valence-corrected chi connectivity index (χ0v) is 15.4. The fourth-order valence-electron chi connectivity index (χ4n) is 3.46. The van der Waals surface area contributed by atoms with Gasteiger partial charge in [0.15, 0.2) is 11.6 Å². The van der Waals surface area contributed by atoms with Crippen LogP contribution in [0.25, 0.3) is 38.6 Å². The van der Waals surface area contributed by atoms with Gasteiger partial charge in [-0.25, -0.2) is 18.7 Å². The first-order valence-corrected chi connectivity index (χ1v) is 8.99. The van der Waals surface area contributed by atoms with Crippen molar-refractivity contribution in [3.05, 3.63) is 89.1 Å². The van der Waals surface area contributed by atoms with Crippen molar-refractivity contribution in [1.29, 1.82) is 0 Å². The molecular weight excluding hydrogens is 388 g/mol. The fourth-order valence-corrected chi connectivity index (χ4v) is 3.46. The molecule has 0 saturated carbocycles. The van der Waals surface area contributed by atoms with Gasteiger partial charge in [0.25, 0.3) is 5.56 Å². The zero-order chi connectivity index (χ0) is 20.8. The molecule has 146 valence electrons. The minimum Gasteiger partial charge on any atom is -0.368 e. The summed E-state index contributed by atoms with van der Waals surface area (Å²) >= 11 is 0. The van der Waals surface area contributed by atoms with Crippen LogP contribution in [0.3, 0.4) is 0 Å². The molecule has 0 fully saturated rings. The number of halogens is 2. The number of nitrogen functional groups attached to an aromatic ring is 1. The third-order valence-electron chi connectivity index (χ3n) is 4.88. The average Bonchev–Trinajstić information content (AvgIpc) is 2.76. The summed E-state index contributed by atoms with van der Waals surface area (Å²) in [4.78, 5) is 25.2. The van der Waals surface area contributed by atoms with E-state index in [4.69, 9.17) is 5.73 Å². The van der Waals surface area contributed by atoms with Crippen LogP contribution >= 0.6 is 0 Å². The van der Waals surface area contributed by atoms with Gasteiger partial charge in [-0.3, -0.25) is 14.3 Å². The molecule has 0 spiro atoms. The average molecular weight is 401 g/mol. The number of nitrogens with zero attached hydrogens (tertiary/aromatic N) is 4. The van der Waals surface area contributed by atoms with Gasteiger partial charge >= 0.3 is 0 Å². The Morgan fingerprint density at radius 1 is 0.800 bits per heavy atom. The summed E-state index contributed by atoms with van der Waals surface area (Å²) < 4.78 is 28.7. The SMILES string of the molecule is Nc1ncc(-c2ccc3ncc4ccc(=O)n(-c5ccc(F)c(F)c5)c4c3c2)cn1. The Hall–Kier alpha value is -4.20. The van der Waals surface area contributed by atoms with E-state index >= 15 is 0 Å². The molecule has 2 aromatic carbocycles. The lowest BCUT2D eigenvalue weighted by Crippen LogP contribution is -2.18. The van der Waals surface area contributed by atoms with Gasteiger partial charge in [0.05, 0.1) is 16.7 Å². The first-order chi connectivity index (χ1) is 14.5. The number of fused-ring (bicyclic) bond motifs is 3. The number of rotatable bonds is 2. The Morgan fingerprint density at radius 3 is 2.37 bits per heavy atom. The van der Waals surface area contributed by atoms with Crippen molar-refractivity contribution >= 4 is 27.8 Å². The van der Waals surface area contributed by atoms with Crippen LogP contribution in [0.15, 0.2) is 71.9 Å². The molecule has 0 amide bonds. The molecule has 0 unspecified atom stereocenters. The van der Waals surface area contributed by atoms with Crippen LogP contribution in [0, 0.1) is 11.6 Å². The molecule has 5 aromatic rings. The molecule has 3 aromatic heterocycles. The van der Waals surface area contributed by atoms with Gasteiger partial charge in [-0.15, -0.1) is 0 Å². The summed E-state index contributed by atoms with van der Waals surface area (Å²) in [5, 5.41) is 1.35. The molecule has 6 nitrogen and oxygen atoms in total. The van der Waals surface area contributed by atoms with Crippen LogP contribution in [-0.2, 0) is 0 Å². The summed E-state index contributed by atoms with van der Waals surface area (Å²) in [7, 11) is 0. The number of anilines is 1. The normalized spacial score (nSPS) is 11.3. The number of hydrogen-bond donors (Lipinski definition) is 1. The van der Waals surface area contributed by atoms with Gasteiger partial charge in [0.2, 0.25) is 5.95 Å². The zero-order valence-electron chi connectivity index (χ0n) is 15.4. The van der Waals surface area contributed by atoms with Crippen molar-refractivity contribution in [2.24, 2.45) is 0 Å². The second-order valence-corrected chi connectivity index (χ2v) is 6.73. The Balaban J connectivity index is 1.86. The van der Waals surface area contributed by atoms with Crippen LogP contribution in [0.5, 0.6) is 0 Å². The van der Waals surface area contributed by atoms with E-state index in [-0.39, 0.29) is 17.2 Å². The summed E-state index contributed by atoms with van der Waals surface area (Å²) in [6.07, 6.45) is 4.84. The highest BCUT2D eigenvalue weighted by molar-refractivity contribution is 6.05. The number of benzene rings is 2. The summed E-state index contributed by atoms with van der Waals surface area (Å²) in [6.45, 7) is 0. The lowest BCUT2D eigenvalue weighted by Gasteiger charge is -2.13. The standard InChI is InChI=1S/C22H13F2N5O/c23-17-4-3-15(8-18(17)24)29-20(30)6-2-13-9-26-19-5-1-12(7-16(19)21(13)29)14-10-27-22(25)28-11-14/h1-11H,(H2,25,27,28). The lowest BCUT2D eigenvalue weighted by atomic mass is 10.0. The second kappa shape index (κ2) is 6.70. The van der Waals surface area contributed by atoms with E-state index in [2.05, 4.69) is 15.0 Å². The number of pyridine rings is 2.